The van der Waals surface area contributed by atoms with Crippen LogP contribution in [-0.2, 0) is 4.74 Å². The summed E-state index contributed by atoms with van der Waals surface area (Å²) < 4.78 is 4.63. The van der Waals surface area contributed by atoms with Crippen molar-refractivity contribution in [1.82, 2.24) is 9.88 Å². The van der Waals surface area contributed by atoms with Gasteiger partial charge in [-0.05, 0) is 49.2 Å². The predicted octanol–water partition coefficient (Wildman–Crippen LogP) is 2.36. The summed E-state index contributed by atoms with van der Waals surface area (Å²) in [5, 5.41) is 2.70. The van der Waals surface area contributed by atoms with Crippen LogP contribution in [0.1, 0.15) is 44.2 Å². The van der Waals surface area contributed by atoms with E-state index in [0.717, 1.165) is 25.9 Å². The van der Waals surface area contributed by atoms with Gasteiger partial charge in [0.25, 0.3) is 11.8 Å². The first-order valence-corrected chi connectivity index (χ1v) is 8.34. The van der Waals surface area contributed by atoms with Crippen LogP contribution >= 0.6 is 0 Å². The van der Waals surface area contributed by atoms with Crippen molar-refractivity contribution in [3.8, 4) is 0 Å². The molecule has 0 spiro atoms. The number of esters is 1. The Morgan fingerprint density at radius 1 is 1.00 bits per heavy atom. The zero-order valence-electron chi connectivity index (χ0n) is 14.4. The van der Waals surface area contributed by atoms with Crippen LogP contribution in [0, 0.1) is 0 Å². The highest BCUT2D eigenvalue weighted by atomic mass is 16.5. The number of rotatable bonds is 4. The van der Waals surface area contributed by atoms with Gasteiger partial charge in [-0.1, -0.05) is 6.07 Å². The summed E-state index contributed by atoms with van der Waals surface area (Å²) in [6, 6.07) is 11.1. The molecule has 1 aliphatic heterocycles. The number of hydrogen-bond acceptors (Lipinski definition) is 5. The van der Waals surface area contributed by atoms with Crippen molar-refractivity contribution in [3.05, 3.63) is 59.4 Å². The molecular formula is C19H19N3O4. The zero-order chi connectivity index (χ0) is 18.5. The molecule has 0 unspecified atom stereocenters. The van der Waals surface area contributed by atoms with E-state index in [2.05, 4.69) is 15.0 Å². The number of nitrogens with one attached hydrogen (secondary N) is 1. The van der Waals surface area contributed by atoms with Gasteiger partial charge < -0.3 is 15.0 Å². The number of anilines is 1. The van der Waals surface area contributed by atoms with Crippen LogP contribution in [0.4, 0.5) is 5.69 Å². The van der Waals surface area contributed by atoms with Crippen molar-refractivity contribution in [3.63, 3.8) is 0 Å². The van der Waals surface area contributed by atoms with E-state index >= 15 is 0 Å². The molecule has 2 heterocycles. The second kappa shape index (κ2) is 7.77. The number of aromatic nitrogens is 1. The number of carbonyl (C=O) groups excluding carboxylic acids is 3. The average molecular weight is 353 g/mol. The van der Waals surface area contributed by atoms with Gasteiger partial charge in [-0.15, -0.1) is 0 Å². The zero-order valence-corrected chi connectivity index (χ0v) is 14.4. The Hall–Kier alpha value is -3.22. The third-order valence-corrected chi connectivity index (χ3v) is 4.16. The standard InChI is InChI=1S/C19H19N3O4/c1-26-19(25)13-7-9-14(10-8-13)20-17(23)15-5-4-6-16(21-15)18(24)22-11-2-3-12-22/h4-10H,2-3,11-12H2,1H3,(H,20,23). The fourth-order valence-electron chi connectivity index (χ4n) is 2.77. The van der Waals surface area contributed by atoms with Crippen molar-refractivity contribution < 1.29 is 19.1 Å². The quantitative estimate of drug-likeness (QED) is 0.853. The molecule has 1 aromatic carbocycles. The number of benzene rings is 1. The molecule has 0 bridgehead atoms. The van der Waals surface area contributed by atoms with Crippen LogP contribution < -0.4 is 5.32 Å². The lowest BCUT2D eigenvalue weighted by Crippen LogP contribution is -2.29. The van der Waals surface area contributed by atoms with E-state index in [4.69, 9.17) is 0 Å². The average Bonchev–Trinajstić information content (AvgIpc) is 3.22. The summed E-state index contributed by atoms with van der Waals surface area (Å²) >= 11 is 0. The predicted molar refractivity (Wildman–Crippen MR) is 95.1 cm³/mol. The number of methoxy groups -OCH3 is 1. The molecular weight excluding hydrogens is 334 g/mol. The number of amides is 2. The van der Waals surface area contributed by atoms with Gasteiger partial charge >= 0.3 is 5.97 Å². The SMILES string of the molecule is COC(=O)c1ccc(NC(=O)c2cccc(C(=O)N3CCCC3)n2)cc1. The Morgan fingerprint density at radius 2 is 1.65 bits per heavy atom. The highest BCUT2D eigenvalue weighted by Gasteiger charge is 2.21. The van der Waals surface area contributed by atoms with E-state index in [1.165, 1.54) is 7.11 Å². The molecule has 1 aromatic heterocycles. The van der Waals surface area contributed by atoms with Crippen molar-refractivity contribution >= 4 is 23.5 Å². The molecule has 7 heteroatoms. The first-order valence-electron chi connectivity index (χ1n) is 8.34. The highest BCUT2D eigenvalue weighted by Crippen LogP contribution is 2.14. The van der Waals surface area contributed by atoms with Gasteiger partial charge in [0, 0.05) is 18.8 Å². The van der Waals surface area contributed by atoms with Crippen LogP contribution in [0.2, 0.25) is 0 Å². The van der Waals surface area contributed by atoms with E-state index in [1.807, 2.05) is 0 Å². The van der Waals surface area contributed by atoms with E-state index in [9.17, 15) is 14.4 Å². The van der Waals surface area contributed by atoms with Crippen molar-refractivity contribution in [2.75, 3.05) is 25.5 Å². The third kappa shape index (κ3) is 3.88. The van der Waals surface area contributed by atoms with Gasteiger partial charge in [-0.25, -0.2) is 9.78 Å². The lowest BCUT2D eigenvalue weighted by atomic mass is 10.2. The molecule has 0 saturated carbocycles. The van der Waals surface area contributed by atoms with Gasteiger partial charge in [0.1, 0.15) is 11.4 Å². The van der Waals surface area contributed by atoms with Crippen LogP contribution in [0.5, 0.6) is 0 Å². The minimum absolute atomic E-state index is 0.153. The molecule has 0 aliphatic carbocycles. The number of carbonyl (C=O) groups is 3. The van der Waals surface area contributed by atoms with Crippen LogP contribution in [0.15, 0.2) is 42.5 Å². The minimum Gasteiger partial charge on any atom is -0.465 e. The molecule has 3 rings (SSSR count). The molecule has 7 nitrogen and oxygen atoms in total. The Morgan fingerprint density at radius 3 is 2.31 bits per heavy atom. The maximum Gasteiger partial charge on any atom is 0.337 e. The van der Waals surface area contributed by atoms with Crippen molar-refractivity contribution in [2.24, 2.45) is 0 Å². The van der Waals surface area contributed by atoms with Gasteiger partial charge in [-0.2, -0.15) is 0 Å². The van der Waals surface area contributed by atoms with Crippen LogP contribution in [-0.4, -0.2) is 47.9 Å². The van der Waals surface area contributed by atoms with Crippen LogP contribution in [0.25, 0.3) is 0 Å². The lowest BCUT2D eigenvalue weighted by Gasteiger charge is -2.14. The fraction of sp³-hybridized carbons (Fsp3) is 0.263. The maximum atomic E-state index is 12.4. The van der Waals surface area contributed by atoms with E-state index < -0.39 is 11.9 Å². The third-order valence-electron chi connectivity index (χ3n) is 4.16. The Kier molecular flexibility index (Phi) is 5.26. The van der Waals surface area contributed by atoms with Crippen molar-refractivity contribution in [2.45, 2.75) is 12.8 Å². The highest BCUT2D eigenvalue weighted by molar-refractivity contribution is 6.04. The lowest BCUT2D eigenvalue weighted by molar-refractivity contribution is 0.0600. The number of pyridine rings is 1. The summed E-state index contributed by atoms with van der Waals surface area (Å²) in [4.78, 5) is 42.2. The normalized spacial score (nSPS) is 13.3. The van der Waals surface area contributed by atoms with Gasteiger partial charge in [-0.3, -0.25) is 9.59 Å². The molecule has 1 saturated heterocycles. The first-order chi connectivity index (χ1) is 12.6. The first kappa shape index (κ1) is 17.6. The minimum atomic E-state index is -0.447. The largest absolute Gasteiger partial charge is 0.465 e. The number of likely N-dealkylation sites (tertiary alicyclic amines) is 1. The Bertz CT molecular complexity index is 827. The molecule has 2 aromatic rings. The molecule has 0 atom stereocenters. The molecule has 26 heavy (non-hydrogen) atoms. The molecule has 134 valence electrons. The Balaban J connectivity index is 1.70. The number of nitrogens with zero attached hydrogens (tertiary/aromatic N) is 2. The smallest absolute Gasteiger partial charge is 0.337 e. The molecule has 0 radical (unpaired) electrons. The summed E-state index contributed by atoms with van der Waals surface area (Å²) in [5.41, 5.74) is 1.33. The second-order valence-corrected chi connectivity index (χ2v) is 5.93. The van der Waals surface area contributed by atoms with E-state index in [1.54, 1.807) is 47.4 Å². The second-order valence-electron chi connectivity index (χ2n) is 5.93. The molecule has 1 aliphatic rings. The summed E-state index contributed by atoms with van der Waals surface area (Å²) in [5.74, 6) is -1.02. The topological polar surface area (TPSA) is 88.6 Å². The van der Waals surface area contributed by atoms with Crippen molar-refractivity contribution in [1.29, 1.82) is 0 Å². The van der Waals surface area contributed by atoms with Gasteiger partial charge in [0.05, 0.1) is 12.7 Å². The monoisotopic (exact) mass is 353 g/mol. The van der Waals surface area contributed by atoms with E-state index in [0.29, 0.717) is 11.3 Å². The Labute approximate surface area is 151 Å². The molecule has 1 N–H and O–H groups in total. The molecule has 1 fully saturated rings. The number of hydrogen-bond donors (Lipinski definition) is 1. The summed E-state index contributed by atoms with van der Waals surface area (Å²) in [6.45, 7) is 1.45. The fourth-order valence-corrected chi connectivity index (χ4v) is 2.77. The summed E-state index contributed by atoms with van der Waals surface area (Å²) in [7, 11) is 1.31. The van der Waals surface area contributed by atoms with Gasteiger partial charge in [0.2, 0.25) is 0 Å². The number of ether oxygens (including phenoxy) is 1. The van der Waals surface area contributed by atoms with Gasteiger partial charge in [0.15, 0.2) is 0 Å². The summed E-state index contributed by atoms with van der Waals surface area (Å²) in [6.07, 6.45) is 1.99. The molecule has 2 amide bonds. The van der Waals surface area contributed by atoms with E-state index in [-0.39, 0.29) is 17.3 Å². The van der Waals surface area contributed by atoms with Crippen LogP contribution in [0.3, 0.4) is 0 Å². The maximum absolute atomic E-state index is 12.4.